The van der Waals surface area contributed by atoms with E-state index in [1.54, 1.807) is 13.1 Å². The minimum atomic E-state index is -0.539. The van der Waals surface area contributed by atoms with Crippen LogP contribution in [0.15, 0.2) is 41.6 Å². The lowest BCUT2D eigenvalue weighted by Crippen LogP contribution is -2.15. The van der Waals surface area contributed by atoms with Crippen LogP contribution in [-0.4, -0.2) is 24.6 Å². The third-order valence-electron chi connectivity index (χ3n) is 2.06. The summed E-state index contributed by atoms with van der Waals surface area (Å²) in [6.45, 7) is 3.61. The first kappa shape index (κ1) is 13.4. The quantitative estimate of drug-likeness (QED) is 0.355. The maximum absolute atomic E-state index is 10.9. The Morgan fingerprint density at radius 3 is 2.89 bits per heavy atom. The topological polar surface area (TPSA) is 87.8 Å². The van der Waals surface area contributed by atoms with E-state index in [1.165, 1.54) is 24.4 Å². The highest BCUT2D eigenvalue weighted by Gasteiger charge is 2.09. The summed E-state index contributed by atoms with van der Waals surface area (Å²) in [6.07, 6.45) is 1.80. The predicted molar refractivity (Wildman–Crippen MR) is 68.3 cm³/mol. The molecule has 1 N–H and O–H groups in total. The molecule has 0 unspecified atom stereocenters. The number of amides is 1. The van der Waals surface area contributed by atoms with Gasteiger partial charge in [0, 0.05) is 24.9 Å². The molecule has 1 aromatic carbocycles. The van der Waals surface area contributed by atoms with Gasteiger partial charge in [0.05, 0.1) is 16.8 Å². The summed E-state index contributed by atoms with van der Waals surface area (Å²) < 4.78 is 0. The van der Waals surface area contributed by atoms with Gasteiger partial charge in [-0.05, 0) is 6.07 Å². The monoisotopic (exact) mass is 248 g/mol. The molecule has 0 spiro atoms. The molecular weight excluding hydrogens is 236 g/mol. The second-order valence-electron chi connectivity index (χ2n) is 3.25. The zero-order valence-electron chi connectivity index (χ0n) is 9.74. The van der Waals surface area contributed by atoms with Gasteiger partial charge in [0.1, 0.15) is 0 Å². The van der Waals surface area contributed by atoms with E-state index in [9.17, 15) is 14.9 Å². The molecule has 0 atom stereocenters. The molecule has 0 aromatic heterocycles. The Labute approximate surface area is 104 Å². The van der Waals surface area contributed by atoms with Crippen molar-refractivity contribution in [2.75, 3.05) is 12.1 Å². The number of benzene rings is 1. The number of nitrogens with zero attached hydrogens (tertiary/aromatic N) is 3. The first-order valence-electron chi connectivity index (χ1n) is 4.98. The number of hydrogen-bond acceptors (Lipinski definition) is 5. The van der Waals surface area contributed by atoms with Gasteiger partial charge in [-0.15, -0.1) is 0 Å². The van der Waals surface area contributed by atoms with Crippen molar-refractivity contribution in [1.82, 2.24) is 5.32 Å². The van der Waals surface area contributed by atoms with Crippen LogP contribution in [0, 0.1) is 10.1 Å². The Kier molecular flexibility index (Phi) is 4.56. The van der Waals surface area contributed by atoms with Crippen LogP contribution in [0.1, 0.15) is 0 Å². The molecule has 7 nitrogen and oxygen atoms in total. The highest BCUT2D eigenvalue weighted by Crippen LogP contribution is 2.20. The third-order valence-corrected chi connectivity index (χ3v) is 2.06. The highest BCUT2D eigenvalue weighted by molar-refractivity contribution is 5.83. The second kappa shape index (κ2) is 6.14. The number of anilines is 1. The zero-order chi connectivity index (χ0) is 13.5. The predicted octanol–water partition coefficient (Wildman–Crippen LogP) is 1.28. The van der Waals surface area contributed by atoms with E-state index < -0.39 is 4.92 Å². The van der Waals surface area contributed by atoms with E-state index in [2.05, 4.69) is 17.0 Å². The number of carbonyl (C=O) groups excluding carboxylic acids is 1. The number of rotatable bonds is 6. The molecule has 0 aliphatic carbocycles. The molecular formula is C11H12N4O3. The van der Waals surface area contributed by atoms with E-state index in [4.69, 9.17) is 0 Å². The molecule has 7 heteroatoms. The maximum atomic E-state index is 10.9. The lowest BCUT2D eigenvalue weighted by molar-refractivity contribution is -0.384. The number of nitro groups is 1. The minimum Gasteiger partial charge on any atom is -0.387 e. The van der Waals surface area contributed by atoms with Crippen molar-refractivity contribution >= 4 is 24.0 Å². The first-order chi connectivity index (χ1) is 8.58. The molecule has 0 fully saturated rings. The smallest absolute Gasteiger partial charge is 0.271 e. The Balaban J connectivity index is 2.98. The fraction of sp³-hybridized carbons (Fsp3) is 0.0909. The molecule has 94 valence electrons. The second-order valence-corrected chi connectivity index (χ2v) is 3.25. The number of hydrogen-bond donors (Lipinski definition) is 1. The molecule has 0 aliphatic rings. The van der Waals surface area contributed by atoms with Crippen LogP contribution in [0.5, 0.6) is 0 Å². The van der Waals surface area contributed by atoms with Gasteiger partial charge in [-0.3, -0.25) is 14.9 Å². The van der Waals surface area contributed by atoms with Crippen LogP contribution < -0.4 is 10.3 Å². The zero-order valence-corrected chi connectivity index (χ0v) is 9.74. The molecule has 0 saturated heterocycles. The van der Waals surface area contributed by atoms with Crippen molar-refractivity contribution in [2.45, 2.75) is 0 Å². The molecule has 0 aliphatic heterocycles. The summed E-state index contributed by atoms with van der Waals surface area (Å²) in [7, 11) is 1.66. The van der Waals surface area contributed by atoms with Crippen LogP contribution in [0.3, 0.4) is 0 Å². The van der Waals surface area contributed by atoms with Crippen molar-refractivity contribution in [1.29, 1.82) is 0 Å². The summed E-state index contributed by atoms with van der Waals surface area (Å²) >= 11 is 0. The molecule has 1 rings (SSSR count). The Morgan fingerprint density at radius 1 is 1.61 bits per heavy atom. The van der Waals surface area contributed by atoms with Gasteiger partial charge in [-0.25, -0.2) is 5.01 Å². The Hall–Kier alpha value is -2.70. The number of allylic oxidation sites excluding steroid dienone is 1. The molecule has 0 radical (unpaired) electrons. The van der Waals surface area contributed by atoms with Gasteiger partial charge in [0.2, 0.25) is 6.41 Å². The standard InChI is InChI=1S/C11H12N4O3/c1-9(12-2)7-13-14(8-16)10-4-3-5-11(6-10)15(17)18/h3-8,12H,1H2,2H3/b13-7-. The number of non-ortho nitro benzene ring substituents is 1. The molecule has 1 amide bonds. The van der Waals surface area contributed by atoms with E-state index in [-0.39, 0.29) is 5.69 Å². The maximum Gasteiger partial charge on any atom is 0.271 e. The third kappa shape index (κ3) is 3.41. The highest BCUT2D eigenvalue weighted by atomic mass is 16.6. The summed E-state index contributed by atoms with van der Waals surface area (Å²) in [6, 6.07) is 5.61. The van der Waals surface area contributed by atoms with Crippen molar-refractivity contribution in [3.8, 4) is 0 Å². The SMILES string of the molecule is C=C(/C=N\N(C=O)c1cccc([N+](=O)[O-])c1)NC. The van der Waals surface area contributed by atoms with Crippen LogP contribution in [0.4, 0.5) is 11.4 Å². The summed E-state index contributed by atoms with van der Waals surface area (Å²) in [4.78, 5) is 21.0. The Bertz CT molecular complexity index is 499. The van der Waals surface area contributed by atoms with E-state index in [0.29, 0.717) is 17.8 Å². The van der Waals surface area contributed by atoms with Gasteiger partial charge >= 0.3 is 0 Å². The van der Waals surface area contributed by atoms with Crippen LogP contribution >= 0.6 is 0 Å². The van der Waals surface area contributed by atoms with Gasteiger partial charge in [-0.1, -0.05) is 12.6 Å². The largest absolute Gasteiger partial charge is 0.387 e. The van der Waals surface area contributed by atoms with E-state index >= 15 is 0 Å². The van der Waals surface area contributed by atoms with Crippen LogP contribution in [0.2, 0.25) is 0 Å². The van der Waals surface area contributed by atoms with Crippen molar-refractivity contribution in [3.05, 3.63) is 46.7 Å². The van der Waals surface area contributed by atoms with Gasteiger partial charge < -0.3 is 5.32 Å². The van der Waals surface area contributed by atoms with Gasteiger partial charge in [-0.2, -0.15) is 5.10 Å². The van der Waals surface area contributed by atoms with Gasteiger partial charge in [0.15, 0.2) is 0 Å². The average molecular weight is 248 g/mol. The number of hydrazone groups is 1. The summed E-state index contributed by atoms with van der Waals surface area (Å²) in [5.74, 6) is 0. The number of nitro benzene ring substituents is 1. The fourth-order valence-corrected chi connectivity index (χ4v) is 1.10. The minimum absolute atomic E-state index is 0.109. The van der Waals surface area contributed by atoms with Crippen molar-refractivity contribution in [2.24, 2.45) is 5.10 Å². The lowest BCUT2D eigenvalue weighted by atomic mass is 10.3. The number of carbonyl (C=O) groups is 1. The molecule has 1 aromatic rings. The summed E-state index contributed by atoms with van der Waals surface area (Å²) in [5.41, 5.74) is 0.702. The van der Waals surface area contributed by atoms with E-state index in [1.807, 2.05) is 0 Å². The van der Waals surface area contributed by atoms with E-state index in [0.717, 1.165) is 5.01 Å². The fourth-order valence-electron chi connectivity index (χ4n) is 1.10. The lowest BCUT2D eigenvalue weighted by Gasteiger charge is -2.10. The van der Waals surface area contributed by atoms with Crippen LogP contribution in [-0.2, 0) is 4.79 Å². The Morgan fingerprint density at radius 2 is 2.33 bits per heavy atom. The molecule has 0 heterocycles. The van der Waals surface area contributed by atoms with Crippen molar-refractivity contribution in [3.63, 3.8) is 0 Å². The van der Waals surface area contributed by atoms with Crippen LogP contribution in [0.25, 0.3) is 0 Å². The van der Waals surface area contributed by atoms with Gasteiger partial charge in [0.25, 0.3) is 5.69 Å². The normalized spacial score (nSPS) is 10.1. The summed E-state index contributed by atoms with van der Waals surface area (Å²) in [5, 5.41) is 18.2. The average Bonchev–Trinajstić information content (AvgIpc) is 2.39. The first-order valence-corrected chi connectivity index (χ1v) is 4.98. The number of nitrogens with one attached hydrogen (secondary N) is 1. The molecule has 0 saturated carbocycles. The molecule has 0 bridgehead atoms. The van der Waals surface area contributed by atoms with Crippen molar-refractivity contribution < 1.29 is 9.72 Å². The molecule has 18 heavy (non-hydrogen) atoms.